The first kappa shape index (κ1) is 9.55. The fourth-order valence-electron chi connectivity index (χ4n) is 4.19. The van der Waals surface area contributed by atoms with E-state index < -0.39 is 0 Å². The molecule has 0 aromatic rings. The van der Waals surface area contributed by atoms with Crippen molar-refractivity contribution in [1.29, 1.82) is 0 Å². The molecule has 2 saturated carbocycles. The molecule has 0 bridgehead atoms. The zero-order valence-electron chi connectivity index (χ0n) is 9.64. The predicted octanol–water partition coefficient (Wildman–Crippen LogP) is 4.10. The Bertz CT molecular complexity index is 196. The molecule has 0 radical (unpaired) electrons. The third-order valence-corrected chi connectivity index (χ3v) is 5.58. The smallest absolute Gasteiger partial charge is 0.0244 e. The van der Waals surface area contributed by atoms with Crippen molar-refractivity contribution < 1.29 is 0 Å². The summed E-state index contributed by atoms with van der Waals surface area (Å²) in [6.07, 6.45) is 5.94. The van der Waals surface area contributed by atoms with E-state index in [2.05, 4.69) is 27.7 Å². The molecule has 2 aliphatic rings. The molecule has 0 amide bonds. The molecule has 2 aliphatic carbocycles. The topological polar surface area (TPSA) is 0 Å². The van der Waals surface area contributed by atoms with E-state index in [1.807, 2.05) is 0 Å². The third kappa shape index (κ3) is 1.17. The van der Waals surface area contributed by atoms with Crippen molar-refractivity contribution in [3.05, 3.63) is 0 Å². The maximum atomic E-state index is 2.57. The molecule has 0 heterocycles. The molecule has 2 rings (SSSR count). The van der Waals surface area contributed by atoms with Crippen LogP contribution >= 0.6 is 0 Å². The van der Waals surface area contributed by atoms with Crippen molar-refractivity contribution in [2.24, 2.45) is 29.1 Å². The maximum absolute atomic E-state index is 2.57. The van der Waals surface area contributed by atoms with E-state index in [-0.39, 0.29) is 0 Å². The van der Waals surface area contributed by atoms with Crippen LogP contribution in [-0.4, -0.2) is 0 Å². The van der Waals surface area contributed by atoms with Crippen molar-refractivity contribution in [1.82, 2.24) is 0 Å². The van der Waals surface area contributed by atoms with E-state index in [0.717, 1.165) is 23.7 Å². The van der Waals surface area contributed by atoms with Gasteiger partial charge in [0.05, 0.1) is 0 Å². The minimum atomic E-state index is 0.678. The van der Waals surface area contributed by atoms with Gasteiger partial charge in [-0.3, -0.25) is 0 Å². The molecule has 0 aromatic carbocycles. The highest BCUT2D eigenvalue weighted by atomic mass is 14.6. The molecule has 0 saturated heterocycles. The molecule has 2 fully saturated rings. The normalized spacial score (nSPS) is 56.3. The zero-order valence-corrected chi connectivity index (χ0v) is 9.64. The second-order valence-electron chi connectivity index (χ2n) is 5.91. The Hall–Kier alpha value is 0. The molecule has 0 nitrogen and oxygen atoms in total. The SMILES string of the molecule is CC1CCC(C)C2(C)C(C)CCC12. The Morgan fingerprint density at radius 3 is 1.92 bits per heavy atom. The van der Waals surface area contributed by atoms with Crippen molar-refractivity contribution in [2.75, 3.05) is 0 Å². The van der Waals surface area contributed by atoms with E-state index >= 15 is 0 Å². The number of hydrogen-bond donors (Lipinski definition) is 0. The maximum Gasteiger partial charge on any atom is -0.0244 e. The van der Waals surface area contributed by atoms with Gasteiger partial charge in [0.25, 0.3) is 0 Å². The Morgan fingerprint density at radius 1 is 0.846 bits per heavy atom. The van der Waals surface area contributed by atoms with Gasteiger partial charge in [-0.05, 0) is 48.3 Å². The van der Waals surface area contributed by atoms with Gasteiger partial charge < -0.3 is 0 Å². The van der Waals surface area contributed by atoms with Crippen LogP contribution in [0.3, 0.4) is 0 Å². The number of hydrogen-bond acceptors (Lipinski definition) is 0. The molecule has 0 heteroatoms. The lowest BCUT2D eigenvalue weighted by Crippen LogP contribution is -2.41. The van der Waals surface area contributed by atoms with Crippen LogP contribution in [0.4, 0.5) is 0 Å². The van der Waals surface area contributed by atoms with Gasteiger partial charge in [-0.25, -0.2) is 0 Å². The monoisotopic (exact) mass is 180 g/mol. The first-order chi connectivity index (χ1) is 6.06. The summed E-state index contributed by atoms with van der Waals surface area (Å²) >= 11 is 0. The lowest BCUT2D eigenvalue weighted by molar-refractivity contribution is 0.00876. The lowest BCUT2D eigenvalue weighted by atomic mass is 9.57. The van der Waals surface area contributed by atoms with Crippen molar-refractivity contribution in [3.8, 4) is 0 Å². The molecule has 0 spiro atoms. The quantitative estimate of drug-likeness (QED) is 0.526. The van der Waals surface area contributed by atoms with Crippen LogP contribution in [0.25, 0.3) is 0 Å². The summed E-state index contributed by atoms with van der Waals surface area (Å²) in [5, 5.41) is 0. The molecule has 0 N–H and O–H groups in total. The largest absolute Gasteiger partial charge is 0.0622 e. The van der Waals surface area contributed by atoms with Crippen LogP contribution in [0.15, 0.2) is 0 Å². The van der Waals surface area contributed by atoms with Crippen LogP contribution in [0, 0.1) is 29.1 Å². The first-order valence-electron chi connectivity index (χ1n) is 6.06. The van der Waals surface area contributed by atoms with Gasteiger partial charge >= 0.3 is 0 Å². The van der Waals surface area contributed by atoms with Gasteiger partial charge in [0.2, 0.25) is 0 Å². The van der Waals surface area contributed by atoms with Crippen LogP contribution in [0.2, 0.25) is 0 Å². The Morgan fingerprint density at radius 2 is 1.38 bits per heavy atom. The Kier molecular flexibility index (Phi) is 2.20. The fourth-order valence-corrected chi connectivity index (χ4v) is 4.19. The Balaban J connectivity index is 2.28. The second kappa shape index (κ2) is 3.00. The van der Waals surface area contributed by atoms with Crippen LogP contribution in [0.1, 0.15) is 53.4 Å². The lowest BCUT2D eigenvalue weighted by Gasteiger charge is -2.48. The van der Waals surface area contributed by atoms with E-state index in [4.69, 9.17) is 0 Å². The molecule has 13 heavy (non-hydrogen) atoms. The van der Waals surface area contributed by atoms with E-state index in [0.29, 0.717) is 5.41 Å². The van der Waals surface area contributed by atoms with Gasteiger partial charge in [-0.1, -0.05) is 34.1 Å². The third-order valence-electron chi connectivity index (χ3n) is 5.58. The van der Waals surface area contributed by atoms with Gasteiger partial charge in [-0.2, -0.15) is 0 Å². The van der Waals surface area contributed by atoms with E-state index in [9.17, 15) is 0 Å². The molecular weight excluding hydrogens is 156 g/mol. The number of fused-ring (bicyclic) bond motifs is 1. The van der Waals surface area contributed by atoms with Gasteiger partial charge in [-0.15, -0.1) is 0 Å². The molecule has 0 aliphatic heterocycles. The number of rotatable bonds is 0. The summed E-state index contributed by atoms with van der Waals surface area (Å²) in [5.74, 6) is 3.96. The predicted molar refractivity (Wildman–Crippen MR) is 57.6 cm³/mol. The highest BCUT2D eigenvalue weighted by Gasteiger charge is 2.51. The minimum absolute atomic E-state index is 0.678. The van der Waals surface area contributed by atoms with Crippen LogP contribution < -0.4 is 0 Å². The standard InChI is InChI=1S/C13H24/c1-9-5-6-10(2)13(4)11(3)7-8-12(9)13/h9-12H,5-8H2,1-4H3. The van der Waals surface area contributed by atoms with Crippen molar-refractivity contribution in [3.63, 3.8) is 0 Å². The highest BCUT2D eigenvalue weighted by molar-refractivity contribution is 5.00. The molecule has 76 valence electrons. The van der Waals surface area contributed by atoms with Crippen LogP contribution in [0.5, 0.6) is 0 Å². The fraction of sp³-hybridized carbons (Fsp3) is 1.00. The second-order valence-corrected chi connectivity index (χ2v) is 5.91. The van der Waals surface area contributed by atoms with Gasteiger partial charge in [0.15, 0.2) is 0 Å². The van der Waals surface area contributed by atoms with Crippen molar-refractivity contribution >= 4 is 0 Å². The zero-order chi connectivity index (χ0) is 9.64. The summed E-state index contributed by atoms with van der Waals surface area (Å²) in [4.78, 5) is 0. The van der Waals surface area contributed by atoms with Crippen LogP contribution in [-0.2, 0) is 0 Å². The summed E-state index contributed by atoms with van der Waals surface area (Å²) in [6.45, 7) is 10.0. The minimum Gasteiger partial charge on any atom is -0.0622 e. The molecular formula is C13H24. The van der Waals surface area contributed by atoms with E-state index in [1.54, 1.807) is 0 Å². The summed E-state index contributed by atoms with van der Waals surface area (Å²) < 4.78 is 0. The summed E-state index contributed by atoms with van der Waals surface area (Å²) in [7, 11) is 0. The molecule has 5 atom stereocenters. The summed E-state index contributed by atoms with van der Waals surface area (Å²) in [5.41, 5.74) is 0.678. The average Bonchev–Trinajstić information content (AvgIpc) is 2.39. The molecule has 5 unspecified atom stereocenters. The van der Waals surface area contributed by atoms with Gasteiger partial charge in [0, 0.05) is 0 Å². The summed E-state index contributed by atoms with van der Waals surface area (Å²) in [6, 6.07) is 0. The van der Waals surface area contributed by atoms with Crippen molar-refractivity contribution in [2.45, 2.75) is 53.4 Å². The highest BCUT2D eigenvalue weighted by Crippen LogP contribution is 2.59. The first-order valence-corrected chi connectivity index (χ1v) is 6.06. The van der Waals surface area contributed by atoms with Gasteiger partial charge in [0.1, 0.15) is 0 Å². The average molecular weight is 180 g/mol. The Labute approximate surface area is 83.1 Å². The van der Waals surface area contributed by atoms with E-state index in [1.165, 1.54) is 25.7 Å². The molecule has 0 aromatic heterocycles.